The molecule has 1 saturated heterocycles. The molecule has 2 aliphatic heterocycles. The molecule has 1 saturated carbocycles. The second kappa shape index (κ2) is 12.8. The minimum absolute atomic E-state index is 0.0172. The molecule has 11 heteroatoms. The number of fused-ring (bicyclic) bond motifs is 6. The first kappa shape index (κ1) is 31.2. The minimum atomic E-state index is -4.22. The molecule has 7 nitrogen and oxygen atoms in total. The van der Waals surface area contributed by atoms with E-state index in [0.717, 1.165) is 50.0 Å². The van der Waals surface area contributed by atoms with Crippen molar-refractivity contribution in [1.82, 2.24) is 9.71 Å². The highest BCUT2D eigenvalue weighted by molar-refractivity contribution is 7.98. The van der Waals surface area contributed by atoms with Crippen molar-refractivity contribution in [3.05, 3.63) is 59.5 Å². The molecule has 232 valence electrons. The van der Waals surface area contributed by atoms with Gasteiger partial charge in [-0.25, -0.2) is 9.98 Å². The maximum atomic E-state index is 13.5. The van der Waals surface area contributed by atoms with Crippen LogP contribution in [0.25, 0.3) is 0 Å². The van der Waals surface area contributed by atoms with Crippen LogP contribution in [0.15, 0.2) is 58.2 Å². The van der Waals surface area contributed by atoms with Gasteiger partial charge in [-0.15, -0.1) is 0 Å². The molecular formula is C32H40F3N5O2S. The summed E-state index contributed by atoms with van der Waals surface area (Å²) in [6.07, 6.45) is 5.27. The van der Waals surface area contributed by atoms with Crippen molar-refractivity contribution in [1.29, 1.82) is 0 Å². The highest BCUT2D eigenvalue weighted by atomic mass is 32.2. The Morgan fingerprint density at radius 2 is 2.02 bits per heavy atom. The van der Waals surface area contributed by atoms with Crippen LogP contribution in [0.3, 0.4) is 0 Å². The number of halogens is 3. The van der Waals surface area contributed by atoms with Crippen LogP contribution >= 0.6 is 11.9 Å². The number of nitrogens with one attached hydrogen (secondary N) is 1. The number of rotatable bonds is 6. The molecule has 43 heavy (non-hydrogen) atoms. The molecule has 2 fully saturated rings. The number of anilines is 1. The molecule has 1 aromatic carbocycles. The number of carbonyl (C=O) groups excluding carboxylic acids is 1. The van der Waals surface area contributed by atoms with E-state index in [9.17, 15) is 18.0 Å². The van der Waals surface area contributed by atoms with Crippen LogP contribution in [0.4, 0.5) is 24.8 Å². The summed E-state index contributed by atoms with van der Waals surface area (Å²) >= 11 is 1.30. The van der Waals surface area contributed by atoms with E-state index in [2.05, 4.69) is 40.6 Å². The van der Waals surface area contributed by atoms with Crippen molar-refractivity contribution in [3.8, 4) is 0 Å². The number of allylic oxidation sites excluding steroid dienone is 1. The number of aryl methyl sites for hydroxylation is 1. The topological polar surface area (TPSA) is 92.8 Å². The Morgan fingerprint density at radius 3 is 2.79 bits per heavy atom. The number of nitrogens with two attached hydrogens (primary N) is 1. The van der Waals surface area contributed by atoms with Crippen LogP contribution < -0.4 is 15.4 Å². The fraction of sp³-hybridized carbons (Fsp3) is 0.531. The monoisotopic (exact) mass is 615 g/mol. The molecular weight excluding hydrogens is 575 g/mol. The van der Waals surface area contributed by atoms with E-state index in [-0.39, 0.29) is 43.2 Å². The van der Waals surface area contributed by atoms with E-state index in [4.69, 9.17) is 15.5 Å². The van der Waals surface area contributed by atoms with Gasteiger partial charge in [0.15, 0.2) is 11.7 Å². The van der Waals surface area contributed by atoms with Crippen LogP contribution in [0, 0.1) is 11.3 Å². The molecule has 0 spiro atoms. The van der Waals surface area contributed by atoms with Crippen LogP contribution in [-0.4, -0.2) is 42.0 Å². The van der Waals surface area contributed by atoms with E-state index in [1.165, 1.54) is 29.8 Å². The number of ether oxygens (including phenoxy) is 1. The Hall–Kier alpha value is -3.21. The predicted molar refractivity (Wildman–Crippen MR) is 164 cm³/mol. The second-order valence-corrected chi connectivity index (χ2v) is 13.4. The molecule has 1 unspecified atom stereocenters. The number of hydrogen-bond acceptors (Lipinski definition) is 7. The van der Waals surface area contributed by atoms with Gasteiger partial charge < -0.3 is 15.4 Å². The highest BCUT2D eigenvalue weighted by Gasteiger charge is 2.62. The van der Waals surface area contributed by atoms with Gasteiger partial charge in [-0.3, -0.25) is 9.52 Å². The van der Waals surface area contributed by atoms with Crippen molar-refractivity contribution in [2.75, 3.05) is 18.1 Å². The summed E-state index contributed by atoms with van der Waals surface area (Å²) in [6.45, 7) is 5.05. The van der Waals surface area contributed by atoms with Gasteiger partial charge in [0.05, 0.1) is 17.6 Å². The molecule has 1 amide bonds. The molecule has 1 atom stereocenters. The molecule has 1 aliphatic carbocycles. The van der Waals surface area contributed by atoms with E-state index in [1.54, 1.807) is 12.1 Å². The number of benzene rings is 1. The Morgan fingerprint density at radius 1 is 1.21 bits per heavy atom. The predicted octanol–water partition coefficient (Wildman–Crippen LogP) is 7.49. The molecule has 3 aliphatic rings. The standard InChI is InChI=1S/C32H40F3N5O2S/c1-30(2)14-12-23-7-4-3-6-22-8-5-9-24(20-22)43-39-29(41)25-10-11-27(38-28(25)40(30)21-23)37-18-13-26(36)42-19-17-31(15-16-31)32(33,34)35/h5,8-11,13,18,20,23H,3-4,6-7,12,14-17,19,21,36H2,1-2H3,(H,39,41). The summed E-state index contributed by atoms with van der Waals surface area (Å²) in [7, 11) is 0. The summed E-state index contributed by atoms with van der Waals surface area (Å²) < 4.78 is 47.8. The lowest BCUT2D eigenvalue weighted by Gasteiger charge is -2.47. The zero-order valence-electron chi connectivity index (χ0n) is 24.8. The average Bonchev–Trinajstić information content (AvgIpc) is 3.76. The van der Waals surface area contributed by atoms with Crippen molar-refractivity contribution in [2.45, 2.75) is 88.2 Å². The van der Waals surface area contributed by atoms with Crippen molar-refractivity contribution in [3.63, 3.8) is 0 Å². The minimum Gasteiger partial charge on any atom is -0.479 e. The Balaban J connectivity index is 1.35. The quantitative estimate of drug-likeness (QED) is 0.199. The molecule has 3 N–H and O–H groups in total. The fourth-order valence-corrected chi connectivity index (χ4v) is 6.58. The normalized spacial score (nSPS) is 22.3. The average molecular weight is 616 g/mol. The van der Waals surface area contributed by atoms with Gasteiger partial charge in [0, 0.05) is 29.3 Å². The Bertz CT molecular complexity index is 1370. The molecule has 2 aromatic rings. The third kappa shape index (κ3) is 7.66. The van der Waals surface area contributed by atoms with Crippen molar-refractivity contribution in [2.24, 2.45) is 22.1 Å². The molecule has 4 bridgehead atoms. The number of alkyl halides is 3. The third-order valence-corrected chi connectivity index (χ3v) is 9.71. The fourth-order valence-electron chi connectivity index (χ4n) is 5.90. The summed E-state index contributed by atoms with van der Waals surface area (Å²) in [5.74, 6) is 1.22. The summed E-state index contributed by atoms with van der Waals surface area (Å²) in [4.78, 5) is 26.0. The van der Waals surface area contributed by atoms with Gasteiger partial charge in [-0.2, -0.15) is 13.2 Å². The lowest BCUT2D eigenvalue weighted by molar-refractivity contribution is -0.191. The van der Waals surface area contributed by atoms with Gasteiger partial charge in [-0.05, 0) is 113 Å². The van der Waals surface area contributed by atoms with Gasteiger partial charge in [0.25, 0.3) is 5.91 Å². The number of amides is 1. The maximum Gasteiger partial charge on any atom is 0.394 e. The third-order valence-electron chi connectivity index (χ3n) is 8.93. The first-order chi connectivity index (χ1) is 20.5. The van der Waals surface area contributed by atoms with Gasteiger partial charge in [0.1, 0.15) is 5.82 Å². The van der Waals surface area contributed by atoms with Crippen molar-refractivity contribution >= 4 is 35.7 Å². The highest BCUT2D eigenvalue weighted by Crippen LogP contribution is 2.59. The summed E-state index contributed by atoms with van der Waals surface area (Å²) in [6, 6.07) is 11.7. The Labute approximate surface area is 255 Å². The Kier molecular flexibility index (Phi) is 9.29. The molecule has 1 aromatic heterocycles. The van der Waals surface area contributed by atoms with E-state index in [0.29, 0.717) is 23.1 Å². The lowest BCUT2D eigenvalue weighted by Crippen LogP contribution is -2.51. The molecule has 0 radical (unpaired) electrons. The van der Waals surface area contributed by atoms with E-state index < -0.39 is 11.6 Å². The molecule has 3 heterocycles. The van der Waals surface area contributed by atoms with Crippen LogP contribution in [0.1, 0.15) is 81.1 Å². The smallest absolute Gasteiger partial charge is 0.394 e. The number of carbonyl (C=O) groups is 1. The SMILES string of the molecule is CC1(C)CCC2CCCCc3cccc(c3)SNC(=O)c3ccc(N=CC=C(N)OCCC4(C(F)(F)F)CC4)nc3N1C2. The summed E-state index contributed by atoms with van der Waals surface area (Å²) in [5, 5.41) is 0. The second-order valence-electron chi connectivity index (χ2n) is 12.5. The number of piperidine rings is 1. The molecule has 5 rings (SSSR count). The van der Waals surface area contributed by atoms with Gasteiger partial charge >= 0.3 is 6.18 Å². The number of nitrogens with zero attached hydrogens (tertiary/aromatic N) is 3. The zero-order chi connectivity index (χ0) is 30.7. The van der Waals surface area contributed by atoms with Crippen LogP contribution in [-0.2, 0) is 11.2 Å². The number of aromatic nitrogens is 1. The van der Waals surface area contributed by atoms with Crippen LogP contribution in [0.2, 0.25) is 0 Å². The van der Waals surface area contributed by atoms with Crippen molar-refractivity contribution < 1.29 is 22.7 Å². The maximum absolute atomic E-state index is 13.5. The number of hydrogen-bond donors (Lipinski definition) is 2. The van der Waals surface area contributed by atoms with Gasteiger partial charge in [-0.1, -0.05) is 18.6 Å². The number of aliphatic imine (C=N–C) groups is 1. The first-order valence-electron chi connectivity index (χ1n) is 15.0. The van der Waals surface area contributed by atoms with E-state index in [1.807, 2.05) is 12.1 Å². The summed E-state index contributed by atoms with van der Waals surface area (Å²) in [5.41, 5.74) is 5.78. The zero-order valence-corrected chi connectivity index (χ0v) is 25.6. The van der Waals surface area contributed by atoms with E-state index >= 15 is 0 Å². The van der Waals surface area contributed by atoms with Gasteiger partial charge in [0.2, 0.25) is 0 Å². The lowest BCUT2D eigenvalue weighted by atomic mass is 9.82. The first-order valence-corrected chi connectivity index (χ1v) is 15.8. The largest absolute Gasteiger partial charge is 0.479 e. The van der Waals surface area contributed by atoms with Crippen LogP contribution in [0.5, 0.6) is 0 Å². The number of pyridine rings is 1.